The van der Waals surface area contributed by atoms with Crippen molar-refractivity contribution in [2.75, 3.05) is 29.4 Å². The molecule has 0 radical (unpaired) electrons. The van der Waals surface area contributed by atoms with E-state index in [0.29, 0.717) is 36.4 Å². The summed E-state index contributed by atoms with van der Waals surface area (Å²) in [6.45, 7) is 5.55. The summed E-state index contributed by atoms with van der Waals surface area (Å²) in [6.07, 6.45) is 4.66. The first-order valence-corrected chi connectivity index (χ1v) is 12.7. The Morgan fingerprint density at radius 2 is 1.94 bits per heavy atom. The van der Waals surface area contributed by atoms with Crippen molar-refractivity contribution in [2.45, 2.75) is 38.6 Å². The van der Waals surface area contributed by atoms with Crippen LogP contribution in [0.15, 0.2) is 42.6 Å². The van der Waals surface area contributed by atoms with Gasteiger partial charge in [-0.05, 0) is 63.1 Å². The van der Waals surface area contributed by atoms with Gasteiger partial charge in [0, 0.05) is 47.8 Å². The van der Waals surface area contributed by atoms with Gasteiger partial charge in [-0.1, -0.05) is 0 Å². The lowest BCUT2D eigenvalue weighted by molar-refractivity contribution is 0.0707. The van der Waals surface area contributed by atoms with E-state index in [1.807, 2.05) is 17.2 Å². The number of carbonyl (C=O) groups excluding carboxylic acids is 1. The summed E-state index contributed by atoms with van der Waals surface area (Å²) in [6, 6.07) is 11.3. The Morgan fingerprint density at radius 3 is 2.62 bits per heavy atom. The van der Waals surface area contributed by atoms with E-state index in [-0.39, 0.29) is 5.91 Å². The molecule has 0 unspecified atom stereocenters. The molecule has 4 rings (SSSR count). The molecule has 1 amide bonds. The number of aromatic amines is 1. The number of fused-ring (bicyclic) bond motifs is 1. The zero-order valence-electron chi connectivity index (χ0n) is 18.6. The predicted molar refractivity (Wildman–Crippen MR) is 128 cm³/mol. The standard InChI is InChI=1S/C23H29N5O3S/c1-15(2)25-20-5-4-10-24-22(20)16-8-11-28(12-9-16)23(29)21-14-17-13-18(27-32(3,30)31)6-7-19(17)26-21/h4-7,10,13-16,25-27H,8-9,11-12H2,1-3H3. The van der Waals surface area contributed by atoms with Crippen LogP contribution in [0.4, 0.5) is 11.4 Å². The van der Waals surface area contributed by atoms with Gasteiger partial charge in [0.25, 0.3) is 5.91 Å². The lowest BCUT2D eigenvalue weighted by atomic mass is 9.91. The molecule has 3 heterocycles. The highest BCUT2D eigenvalue weighted by Gasteiger charge is 2.27. The number of piperidine rings is 1. The first-order valence-electron chi connectivity index (χ1n) is 10.8. The molecule has 0 atom stereocenters. The quantitative estimate of drug-likeness (QED) is 0.524. The van der Waals surface area contributed by atoms with E-state index in [2.05, 4.69) is 39.9 Å². The van der Waals surface area contributed by atoms with Crippen LogP contribution in [0.1, 0.15) is 48.8 Å². The molecule has 3 N–H and O–H groups in total. The van der Waals surface area contributed by atoms with Gasteiger partial charge in [-0.2, -0.15) is 0 Å². The summed E-state index contributed by atoms with van der Waals surface area (Å²) in [5.74, 6) is 0.271. The zero-order valence-corrected chi connectivity index (χ0v) is 19.4. The highest BCUT2D eigenvalue weighted by atomic mass is 32.2. The molecule has 2 aromatic heterocycles. The van der Waals surface area contributed by atoms with Crippen LogP contribution in [0.25, 0.3) is 10.9 Å². The van der Waals surface area contributed by atoms with Gasteiger partial charge in [-0.15, -0.1) is 0 Å². The maximum absolute atomic E-state index is 13.1. The SMILES string of the molecule is CC(C)Nc1cccnc1C1CCN(C(=O)c2cc3cc(NS(C)(=O)=O)ccc3[nH]2)CC1. The Bertz CT molecular complexity index is 1230. The monoisotopic (exact) mass is 455 g/mol. The van der Waals surface area contributed by atoms with E-state index in [9.17, 15) is 13.2 Å². The number of anilines is 2. The molecule has 0 aliphatic carbocycles. The molecule has 1 fully saturated rings. The molecule has 0 spiro atoms. The Kier molecular flexibility index (Phi) is 6.10. The molecule has 0 bridgehead atoms. The van der Waals surface area contributed by atoms with Crippen LogP contribution >= 0.6 is 0 Å². The summed E-state index contributed by atoms with van der Waals surface area (Å²) >= 11 is 0. The van der Waals surface area contributed by atoms with Crippen molar-refractivity contribution in [1.29, 1.82) is 0 Å². The molecule has 170 valence electrons. The highest BCUT2D eigenvalue weighted by Crippen LogP contribution is 2.32. The predicted octanol–water partition coefficient (Wildman–Crippen LogP) is 3.77. The number of aromatic nitrogens is 2. The average molecular weight is 456 g/mol. The molecule has 32 heavy (non-hydrogen) atoms. The number of carbonyl (C=O) groups is 1. The van der Waals surface area contributed by atoms with Crippen LogP contribution in [-0.4, -0.2) is 54.6 Å². The number of likely N-dealkylation sites (tertiary alicyclic amines) is 1. The summed E-state index contributed by atoms with van der Waals surface area (Å²) in [5.41, 5.74) is 3.92. The van der Waals surface area contributed by atoms with Crippen LogP contribution in [0.3, 0.4) is 0 Å². The Hall–Kier alpha value is -3.07. The summed E-state index contributed by atoms with van der Waals surface area (Å²) < 4.78 is 25.4. The number of nitrogens with zero attached hydrogens (tertiary/aromatic N) is 2. The van der Waals surface area contributed by atoms with Gasteiger partial charge in [0.05, 0.1) is 17.6 Å². The molecule has 0 saturated carbocycles. The third kappa shape index (κ3) is 5.04. The van der Waals surface area contributed by atoms with Crippen molar-refractivity contribution in [2.24, 2.45) is 0 Å². The highest BCUT2D eigenvalue weighted by molar-refractivity contribution is 7.92. The minimum Gasteiger partial charge on any atom is -0.381 e. The van der Waals surface area contributed by atoms with Gasteiger partial charge >= 0.3 is 0 Å². The number of pyridine rings is 1. The fourth-order valence-electron chi connectivity index (χ4n) is 4.23. The van der Waals surface area contributed by atoms with E-state index in [1.165, 1.54) is 0 Å². The third-order valence-corrected chi connectivity index (χ3v) is 6.21. The Balaban J connectivity index is 1.45. The molecule has 1 aliphatic rings. The zero-order chi connectivity index (χ0) is 22.9. The second kappa shape index (κ2) is 8.82. The van der Waals surface area contributed by atoms with Crippen LogP contribution in [0.5, 0.6) is 0 Å². The number of rotatable bonds is 6. The number of nitrogens with one attached hydrogen (secondary N) is 3. The van der Waals surface area contributed by atoms with E-state index in [0.717, 1.165) is 41.4 Å². The van der Waals surface area contributed by atoms with Gasteiger partial charge in [0.2, 0.25) is 10.0 Å². The van der Waals surface area contributed by atoms with Gasteiger partial charge in [-0.3, -0.25) is 14.5 Å². The number of H-pyrrole nitrogens is 1. The van der Waals surface area contributed by atoms with E-state index in [1.54, 1.807) is 24.3 Å². The topological polar surface area (TPSA) is 107 Å². The number of benzene rings is 1. The number of amides is 1. The van der Waals surface area contributed by atoms with Gasteiger partial charge in [0.15, 0.2) is 0 Å². The smallest absolute Gasteiger partial charge is 0.270 e. The minimum absolute atomic E-state index is 0.0428. The normalized spacial score (nSPS) is 15.3. The average Bonchev–Trinajstić information content (AvgIpc) is 3.15. The number of hydrogen-bond donors (Lipinski definition) is 3. The molecule has 3 aromatic rings. The molecule has 8 nitrogen and oxygen atoms in total. The lowest BCUT2D eigenvalue weighted by Crippen LogP contribution is -2.38. The molecular formula is C23H29N5O3S. The van der Waals surface area contributed by atoms with Crippen LogP contribution in [0.2, 0.25) is 0 Å². The second-order valence-corrected chi connectivity index (χ2v) is 10.4. The van der Waals surface area contributed by atoms with Crippen molar-refractivity contribution < 1.29 is 13.2 Å². The number of sulfonamides is 1. The maximum atomic E-state index is 13.1. The maximum Gasteiger partial charge on any atom is 0.270 e. The molecule has 1 aliphatic heterocycles. The van der Waals surface area contributed by atoms with Crippen molar-refractivity contribution in [1.82, 2.24) is 14.9 Å². The van der Waals surface area contributed by atoms with Gasteiger partial charge in [0.1, 0.15) is 5.69 Å². The molecule has 1 saturated heterocycles. The van der Waals surface area contributed by atoms with E-state index in [4.69, 9.17) is 0 Å². The van der Waals surface area contributed by atoms with Gasteiger partial charge in [-0.25, -0.2) is 8.42 Å². The van der Waals surface area contributed by atoms with Crippen molar-refractivity contribution in [3.05, 3.63) is 54.0 Å². The first kappa shape index (κ1) is 22.1. The Morgan fingerprint density at radius 1 is 1.19 bits per heavy atom. The Labute approximate surface area is 188 Å². The number of hydrogen-bond acceptors (Lipinski definition) is 5. The summed E-state index contributed by atoms with van der Waals surface area (Å²) in [4.78, 5) is 22.8. The third-order valence-electron chi connectivity index (χ3n) is 5.61. The molecular weight excluding hydrogens is 426 g/mol. The van der Waals surface area contributed by atoms with E-state index < -0.39 is 10.0 Å². The lowest BCUT2D eigenvalue weighted by Gasteiger charge is -2.32. The fraction of sp³-hybridized carbons (Fsp3) is 0.391. The summed E-state index contributed by atoms with van der Waals surface area (Å²) in [7, 11) is -3.36. The van der Waals surface area contributed by atoms with Crippen molar-refractivity contribution in [3.8, 4) is 0 Å². The van der Waals surface area contributed by atoms with Crippen molar-refractivity contribution in [3.63, 3.8) is 0 Å². The van der Waals surface area contributed by atoms with Gasteiger partial charge < -0.3 is 15.2 Å². The van der Waals surface area contributed by atoms with Crippen LogP contribution in [0, 0.1) is 0 Å². The van der Waals surface area contributed by atoms with E-state index >= 15 is 0 Å². The van der Waals surface area contributed by atoms with Crippen molar-refractivity contribution >= 4 is 38.2 Å². The molecule has 1 aromatic carbocycles. The fourth-order valence-corrected chi connectivity index (χ4v) is 4.78. The minimum atomic E-state index is -3.36. The summed E-state index contributed by atoms with van der Waals surface area (Å²) in [5, 5.41) is 4.26. The second-order valence-electron chi connectivity index (χ2n) is 8.66. The largest absolute Gasteiger partial charge is 0.381 e. The first-order chi connectivity index (χ1) is 15.2. The van der Waals surface area contributed by atoms with Crippen LogP contribution in [-0.2, 0) is 10.0 Å². The molecule has 9 heteroatoms. The van der Waals surface area contributed by atoms with Crippen LogP contribution < -0.4 is 10.0 Å².